The summed E-state index contributed by atoms with van der Waals surface area (Å²) in [5, 5.41) is 38.1. The highest BCUT2D eigenvalue weighted by Crippen LogP contribution is 2.58. The van der Waals surface area contributed by atoms with Crippen molar-refractivity contribution in [3.05, 3.63) is 70.9 Å². The van der Waals surface area contributed by atoms with Crippen molar-refractivity contribution < 1.29 is 48.8 Å². The molecule has 0 saturated carbocycles. The number of morpholine rings is 1. The van der Waals surface area contributed by atoms with Gasteiger partial charge in [-0.2, -0.15) is 0 Å². The number of hydrogen-bond acceptors (Lipinski definition) is 13. The Hall–Kier alpha value is -4.61. The fourth-order valence-electron chi connectivity index (χ4n) is 7.01. The van der Waals surface area contributed by atoms with Crippen LogP contribution < -0.4 is 5.56 Å². The van der Waals surface area contributed by atoms with Crippen LogP contribution in [0.25, 0.3) is 10.8 Å². The van der Waals surface area contributed by atoms with Crippen LogP contribution in [-0.2, 0) is 26.1 Å². The summed E-state index contributed by atoms with van der Waals surface area (Å²) in [6.07, 6.45) is 2.12. The van der Waals surface area contributed by atoms with Crippen molar-refractivity contribution in [2.45, 2.75) is 18.3 Å². The van der Waals surface area contributed by atoms with Crippen LogP contribution in [0.3, 0.4) is 0 Å². The SMILES string of the molecule is COC1=CC(=O)c2c(O)c3c(c(O)c2C1=O)C(=O)[C@]1(CCc2c1c(O)c1c(=O)[nH]c(C=NOCCN4CCOCC4)cc1c2I)C3=O. The van der Waals surface area contributed by atoms with Gasteiger partial charge in [0.2, 0.25) is 5.78 Å². The molecular formula is C32H26IN3O11. The van der Waals surface area contributed by atoms with Gasteiger partial charge in [0, 0.05) is 40.2 Å². The molecule has 1 fully saturated rings. The Balaban J connectivity index is 1.29. The van der Waals surface area contributed by atoms with Crippen molar-refractivity contribution in [2.75, 3.05) is 46.6 Å². The van der Waals surface area contributed by atoms with E-state index in [1.54, 1.807) is 6.07 Å². The average Bonchev–Trinajstić information content (AvgIpc) is 3.57. The van der Waals surface area contributed by atoms with Crippen LogP contribution >= 0.6 is 22.6 Å². The second-order valence-electron chi connectivity index (χ2n) is 11.5. The predicted molar refractivity (Wildman–Crippen MR) is 172 cm³/mol. The van der Waals surface area contributed by atoms with Crippen molar-refractivity contribution in [1.82, 2.24) is 9.88 Å². The van der Waals surface area contributed by atoms with Gasteiger partial charge in [0.15, 0.2) is 23.1 Å². The predicted octanol–water partition coefficient (Wildman–Crippen LogP) is 2.10. The Morgan fingerprint density at radius 2 is 1.70 bits per heavy atom. The number of pyridine rings is 1. The zero-order valence-electron chi connectivity index (χ0n) is 24.8. The van der Waals surface area contributed by atoms with E-state index in [1.807, 2.05) is 22.6 Å². The molecule has 2 aromatic carbocycles. The monoisotopic (exact) mass is 755 g/mol. The van der Waals surface area contributed by atoms with Crippen molar-refractivity contribution in [3.63, 3.8) is 0 Å². The van der Waals surface area contributed by atoms with Gasteiger partial charge >= 0.3 is 0 Å². The maximum atomic E-state index is 14.2. The molecule has 15 heteroatoms. The van der Waals surface area contributed by atoms with Gasteiger partial charge in [-0.1, -0.05) is 5.16 Å². The van der Waals surface area contributed by atoms with Crippen molar-refractivity contribution in [1.29, 1.82) is 0 Å². The lowest BCUT2D eigenvalue weighted by atomic mass is 9.76. The summed E-state index contributed by atoms with van der Waals surface area (Å²) >= 11 is 1.98. The summed E-state index contributed by atoms with van der Waals surface area (Å²) in [4.78, 5) is 77.9. The van der Waals surface area contributed by atoms with Crippen molar-refractivity contribution in [2.24, 2.45) is 5.16 Å². The molecular weight excluding hydrogens is 729 g/mol. The number of Topliss-reactive ketones (excluding diaryl/α,β-unsaturated/α-hetero) is 3. The maximum absolute atomic E-state index is 14.2. The van der Waals surface area contributed by atoms with Crippen LogP contribution in [-0.4, -0.2) is 101 Å². The van der Waals surface area contributed by atoms with Crippen LogP contribution in [0.1, 0.15) is 64.7 Å². The number of nitrogens with zero attached hydrogens (tertiary/aromatic N) is 2. The summed E-state index contributed by atoms with van der Waals surface area (Å²) in [5.74, 6) is -6.69. The lowest BCUT2D eigenvalue weighted by molar-refractivity contribution is 0.0214. The Bertz CT molecular complexity index is 2090. The lowest BCUT2D eigenvalue weighted by Crippen LogP contribution is -2.38. The zero-order chi connectivity index (χ0) is 33.4. The quantitative estimate of drug-likeness (QED) is 0.0714. The number of oxime groups is 1. The Morgan fingerprint density at radius 1 is 1.02 bits per heavy atom. The molecule has 0 unspecified atom stereocenters. The van der Waals surface area contributed by atoms with E-state index in [9.17, 15) is 39.3 Å². The number of fused-ring (bicyclic) bond motifs is 5. The van der Waals surface area contributed by atoms with Gasteiger partial charge < -0.3 is 34.6 Å². The van der Waals surface area contributed by atoms with Crippen molar-refractivity contribution >= 4 is 62.7 Å². The van der Waals surface area contributed by atoms with Crippen LogP contribution in [0.4, 0.5) is 0 Å². The number of methoxy groups -OCH3 is 1. The van der Waals surface area contributed by atoms with Gasteiger partial charge in [-0.05, 0) is 47.1 Å². The van der Waals surface area contributed by atoms with Crippen LogP contribution in [0, 0.1) is 3.57 Å². The van der Waals surface area contributed by atoms with Gasteiger partial charge in [-0.15, -0.1) is 0 Å². The molecule has 1 saturated heterocycles. The first-order valence-electron chi connectivity index (χ1n) is 14.6. The van der Waals surface area contributed by atoms with Gasteiger partial charge in [0.05, 0.1) is 59.9 Å². The fourth-order valence-corrected chi connectivity index (χ4v) is 7.98. The highest BCUT2D eigenvalue weighted by molar-refractivity contribution is 14.1. The molecule has 0 bridgehead atoms. The number of ether oxygens (including phenoxy) is 2. The number of hydrogen-bond donors (Lipinski definition) is 4. The first-order chi connectivity index (χ1) is 22.5. The van der Waals surface area contributed by atoms with E-state index in [0.29, 0.717) is 40.9 Å². The third-order valence-corrected chi connectivity index (χ3v) is 10.5. The van der Waals surface area contributed by atoms with E-state index in [0.717, 1.165) is 26.3 Å². The number of carbonyl (C=O) groups is 4. The van der Waals surface area contributed by atoms with E-state index >= 15 is 0 Å². The molecule has 0 radical (unpaired) electrons. The van der Waals surface area contributed by atoms with Gasteiger partial charge in [0.25, 0.3) is 5.56 Å². The van der Waals surface area contributed by atoms with E-state index < -0.39 is 79.4 Å². The number of H-pyrrole nitrogens is 1. The number of nitrogens with one attached hydrogen (secondary N) is 1. The number of aromatic nitrogens is 1. The fraction of sp³-hybridized carbons (Fsp3) is 0.312. The third kappa shape index (κ3) is 4.36. The number of allylic oxidation sites excluding steroid dienone is 2. The molecule has 4 N–H and O–H groups in total. The van der Waals surface area contributed by atoms with Crippen molar-refractivity contribution in [3.8, 4) is 17.2 Å². The zero-order valence-corrected chi connectivity index (χ0v) is 26.9. The van der Waals surface area contributed by atoms with Crippen LogP contribution in [0.2, 0.25) is 0 Å². The first kappa shape index (κ1) is 31.0. The second kappa shape index (κ2) is 11.3. The Labute approximate surface area is 278 Å². The standard InChI is InChI=1S/C32H26IN3O11/c1-45-17-11-16(37)19-20(25(17)38)27(40)22-21(26(19)39)29(42)32(30(22)43)3-2-14-23(32)28(41)18-15(24(14)33)10-13(35-31(18)44)12-34-47-9-6-36-4-7-46-8-5-36/h10-12,39-41H,2-9H2,1H3,(H,35,44)/t32-/m0/s1. The summed E-state index contributed by atoms with van der Waals surface area (Å²) in [6.45, 7) is 3.92. The highest BCUT2D eigenvalue weighted by Gasteiger charge is 2.62. The van der Waals surface area contributed by atoms with Gasteiger partial charge in [0.1, 0.15) is 29.3 Å². The minimum atomic E-state index is -2.13. The van der Waals surface area contributed by atoms with E-state index in [1.165, 1.54) is 6.21 Å². The van der Waals surface area contributed by atoms with Gasteiger partial charge in [-0.3, -0.25) is 28.9 Å². The molecule has 242 valence electrons. The summed E-state index contributed by atoms with van der Waals surface area (Å²) in [5.41, 5.74) is -4.80. The highest BCUT2D eigenvalue weighted by atomic mass is 127. The number of benzene rings is 2. The third-order valence-electron chi connectivity index (χ3n) is 9.23. The average molecular weight is 755 g/mol. The van der Waals surface area contributed by atoms with Crippen LogP contribution in [0.15, 0.2) is 27.9 Å². The number of aromatic amines is 1. The number of phenolic OH excluding ortho intramolecular Hbond substituents is 3. The topological polar surface area (TPSA) is 205 Å². The van der Waals surface area contributed by atoms with E-state index in [2.05, 4.69) is 15.0 Å². The number of carbonyl (C=O) groups excluding carboxylic acids is 4. The van der Waals surface area contributed by atoms with Crippen LogP contribution in [0.5, 0.6) is 17.2 Å². The smallest absolute Gasteiger partial charge is 0.260 e. The molecule has 1 aliphatic heterocycles. The maximum Gasteiger partial charge on any atom is 0.260 e. The number of aromatic hydroxyl groups is 3. The van der Waals surface area contributed by atoms with E-state index in [4.69, 9.17) is 14.3 Å². The lowest BCUT2D eigenvalue weighted by Gasteiger charge is -2.25. The van der Waals surface area contributed by atoms with E-state index in [-0.39, 0.29) is 29.5 Å². The molecule has 47 heavy (non-hydrogen) atoms. The molecule has 2 heterocycles. The number of phenols is 3. The molecule has 4 aliphatic rings. The molecule has 0 amide bonds. The Morgan fingerprint density at radius 3 is 2.38 bits per heavy atom. The summed E-state index contributed by atoms with van der Waals surface area (Å²) in [7, 11) is 1.14. The molecule has 1 atom stereocenters. The minimum Gasteiger partial charge on any atom is -0.507 e. The van der Waals surface area contributed by atoms with Gasteiger partial charge in [-0.25, -0.2) is 0 Å². The Kier molecular flexibility index (Phi) is 7.44. The normalized spacial score (nSPS) is 20.7. The summed E-state index contributed by atoms with van der Waals surface area (Å²) < 4.78 is 10.8. The molecule has 3 aromatic rings. The molecule has 3 aliphatic carbocycles. The summed E-state index contributed by atoms with van der Waals surface area (Å²) in [6, 6.07) is 1.59. The molecule has 14 nitrogen and oxygen atoms in total. The molecule has 1 aromatic heterocycles. The number of rotatable bonds is 6. The first-order valence-corrected chi connectivity index (χ1v) is 15.7. The molecule has 7 rings (SSSR count). The number of ketones is 4. The largest absolute Gasteiger partial charge is 0.507 e. The number of halogens is 1. The second-order valence-corrected chi connectivity index (χ2v) is 12.6. The minimum absolute atomic E-state index is 0.121. The molecule has 1 spiro atoms.